The fraction of sp³-hybridized carbons (Fsp3) is 0.429. The van der Waals surface area contributed by atoms with Gasteiger partial charge in [-0.2, -0.15) is 4.99 Å². The molecule has 6 nitrogen and oxygen atoms in total. The number of benzene rings is 1. The Morgan fingerprint density at radius 2 is 1.83 bits per heavy atom. The minimum absolute atomic E-state index is 0.277. The Morgan fingerprint density at radius 3 is 2.35 bits per heavy atom. The van der Waals surface area contributed by atoms with E-state index in [9.17, 15) is 13.2 Å². The van der Waals surface area contributed by atoms with Gasteiger partial charge in [0.05, 0.1) is 0 Å². The predicted octanol–water partition coefficient (Wildman–Crippen LogP) is 2.39. The summed E-state index contributed by atoms with van der Waals surface area (Å²) in [6.45, 7) is 1.71. The fourth-order valence-electron chi connectivity index (χ4n) is 2.13. The minimum Gasteiger partial charge on any atom is -0.406 e. The third kappa shape index (κ3) is 5.35. The second-order valence-corrected chi connectivity index (χ2v) is 4.91. The molecule has 0 amide bonds. The molecule has 0 spiro atoms. The van der Waals surface area contributed by atoms with Crippen LogP contribution in [0.25, 0.3) is 0 Å². The van der Waals surface area contributed by atoms with Crippen molar-refractivity contribution in [3.63, 3.8) is 0 Å². The van der Waals surface area contributed by atoms with Crippen LogP contribution in [0.15, 0.2) is 34.3 Å². The Kier molecular flexibility index (Phi) is 5.30. The Bertz CT molecular complexity index is 577. The van der Waals surface area contributed by atoms with E-state index in [4.69, 9.17) is 5.73 Å². The number of nitrogens with zero attached hydrogens (tertiary/aromatic N) is 3. The minimum atomic E-state index is -4.71. The van der Waals surface area contributed by atoms with Crippen molar-refractivity contribution in [3.05, 3.63) is 24.3 Å². The molecular weight excluding hydrogens is 311 g/mol. The monoisotopic (exact) mass is 329 g/mol. The van der Waals surface area contributed by atoms with E-state index in [0.29, 0.717) is 11.6 Å². The van der Waals surface area contributed by atoms with Gasteiger partial charge in [0.25, 0.3) is 0 Å². The first kappa shape index (κ1) is 16.9. The summed E-state index contributed by atoms with van der Waals surface area (Å²) in [5.74, 6) is 0.352. The number of aliphatic imine (C=N–C) groups is 2. The van der Waals surface area contributed by atoms with Gasteiger partial charge in [-0.3, -0.25) is 4.99 Å². The van der Waals surface area contributed by atoms with Gasteiger partial charge in [0.15, 0.2) is 5.96 Å². The maximum Gasteiger partial charge on any atom is 0.573 e. The number of hydrogen-bond donors (Lipinski definition) is 2. The molecule has 9 heteroatoms. The molecule has 0 atom stereocenters. The average molecular weight is 329 g/mol. The van der Waals surface area contributed by atoms with Crippen LogP contribution in [0.5, 0.6) is 5.75 Å². The summed E-state index contributed by atoms with van der Waals surface area (Å²) in [5, 5.41) is 2.89. The zero-order valence-electron chi connectivity index (χ0n) is 12.6. The molecule has 0 saturated carbocycles. The summed E-state index contributed by atoms with van der Waals surface area (Å²) >= 11 is 0. The van der Waals surface area contributed by atoms with Crippen molar-refractivity contribution in [1.29, 1.82) is 0 Å². The largest absolute Gasteiger partial charge is 0.573 e. The van der Waals surface area contributed by atoms with Crippen LogP contribution in [0.2, 0.25) is 0 Å². The Labute approximate surface area is 131 Å². The van der Waals surface area contributed by atoms with Crippen molar-refractivity contribution < 1.29 is 17.9 Å². The first-order valence-corrected chi connectivity index (χ1v) is 7.06. The molecule has 1 aliphatic rings. The van der Waals surface area contributed by atoms with Crippen LogP contribution in [0.1, 0.15) is 12.8 Å². The van der Waals surface area contributed by atoms with Gasteiger partial charge in [0.1, 0.15) is 5.75 Å². The topological polar surface area (TPSA) is 75.2 Å². The lowest BCUT2D eigenvalue weighted by Gasteiger charge is -2.16. The molecule has 0 bridgehead atoms. The molecule has 0 unspecified atom stereocenters. The molecule has 1 aromatic carbocycles. The molecule has 1 saturated heterocycles. The molecule has 0 radical (unpaired) electrons. The van der Waals surface area contributed by atoms with Crippen molar-refractivity contribution in [1.82, 2.24) is 4.90 Å². The van der Waals surface area contributed by atoms with Gasteiger partial charge >= 0.3 is 6.36 Å². The molecular formula is C14H18F3N5O. The first-order chi connectivity index (χ1) is 10.9. The number of likely N-dealkylation sites (tertiary alicyclic amines) is 1. The number of nitrogens with two attached hydrogens (primary N) is 1. The summed E-state index contributed by atoms with van der Waals surface area (Å²) in [4.78, 5) is 10.1. The number of hydrogen-bond acceptors (Lipinski definition) is 2. The molecule has 1 fully saturated rings. The third-order valence-electron chi connectivity index (χ3n) is 3.21. The van der Waals surface area contributed by atoms with Crippen LogP contribution in [0, 0.1) is 0 Å². The molecule has 1 aliphatic heterocycles. The number of guanidine groups is 2. The smallest absolute Gasteiger partial charge is 0.406 e. The summed E-state index contributed by atoms with van der Waals surface area (Å²) in [6.07, 6.45) is -2.56. The van der Waals surface area contributed by atoms with E-state index >= 15 is 0 Å². The normalized spacial score (nSPS) is 16.6. The number of halogens is 3. The summed E-state index contributed by atoms with van der Waals surface area (Å²) < 4.78 is 40.1. The lowest BCUT2D eigenvalue weighted by molar-refractivity contribution is -0.274. The van der Waals surface area contributed by atoms with E-state index in [1.54, 1.807) is 7.05 Å². The van der Waals surface area contributed by atoms with Crippen LogP contribution in [-0.4, -0.2) is 43.3 Å². The van der Waals surface area contributed by atoms with E-state index in [2.05, 4.69) is 20.0 Å². The number of nitrogens with one attached hydrogen (secondary N) is 1. The maximum atomic E-state index is 12.1. The maximum absolute atomic E-state index is 12.1. The summed E-state index contributed by atoms with van der Waals surface area (Å²) in [6, 6.07) is 5.29. The van der Waals surface area contributed by atoms with Crippen molar-refractivity contribution in [2.24, 2.45) is 15.7 Å². The van der Waals surface area contributed by atoms with Crippen molar-refractivity contribution in [3.8, 4) is 5.75 Å². The molecule has 1 aromatic rings. The molecule has 126 valence electrons. The average Bonchev–Trinajstić information content (AvgIpc) is 3.01. The second kappa shape index (κ2) is 7.21. The quantitative estimate of drug-likeness (QED) is 0.645. The highest BCUT2D eigenvalue weighted by atomic mass is 19.4. The lowest BCUT2D eigenvalue weighted by atomic mass is 10.3. The molecule has 0 aromatic heterocycles. The highest BCUT2D eigenvalue weighted by Gasteiger charge is 2.30. The molecule has 3 N–H and O–H groups in total. The Balaban J connectivity index is 2.00. The van der Waals surface area contributed by atoms with Crippen molar-refractivity contribution >= 4 is 17.6 Å². The van der Waals surface area contributed by atoms with E-state index in [1.165, 1.54) is 24.3 Å². The van der Waals surface area contributed by atoms with Crippen LogP contribution >= 0.6 is 0 Å². The van der Waals surface area contributed by atoms with Crippen molar-refractivity contribution in [2.75, 3.05) is 25.5 Å². The van der Waals surface area contributed by atoms with E-state index < -0.39 is 6.36 Å². The fourth-order valence-corrected chi connectivity index (χ4v) is 2.13. The molecule has 1 heterocycles. The van der Waals surface area contributed by atoms with Gasteiger partial charge in [-0.05, 0) is 37.1 Å². The van der Waals surface area contributed by atoms with E-state index in [1.807, 2.05) is 4.90 Å². The number of rotatable bonds is 2. The Hall–Kier alpha value is -2.45. The standard InChI is InChI=1S/C14H18F3N5O/c1-19-13(21-12(18)22-8-2-3-9-22)20-10-4-6-11(7-5-10)23-14(15,16)17/h4-7H,2-3,8-9H2,1H3,(H3,18,19,20,21). The highest BCUT2D eigenvalue weighted by molar-refractivity contribution is 6.01. The van der Waals surface area contributed by atoms with Crippen LogP contribution in [0.4, 0.5) is 18.9 Å². The number of alkyl halides is 3. The first-order valence-electron chi connectivity index (χ1n) is 7.06. The predicted molar refractivity (Wildman–Crippen MR) is 82.5 cm³/mol. The molecule has 2 rings (SSSR count). The second-order valence-electron chi connectivity index (χ2n) is 4.91. The SMILES string of the molecule is CN=C(N=C(N)N1CCCC1)Nc1ccc(OC(F)(F)F)cc1. The van der Waals surface area contributed by atoms with Gasteiger partial charge in [0.2, 0.25) is 5.96 Å². The zero-order chi connectivity index (χ0) is 16.9. The van der Waals surface area contributed by atoms with Crippen LogP contribution in [-0.2, 0) is 0 Å². The van der Waals surface area contributed by atoms with E-state index in [0.717, 1.165) is 25.9 Å². The zero-order valence-corrected chi connectivity index (χ0v) is 12.6. The summed E-state index contributed by atoms with van der Waals surface area (Å²) in [5.41, 5.74) is 6.44. The molecule has 23 heavy (non-hydrogen) atoms. The van der Waals surface area contributed by atoms with Gasteiger partial charge in [-0.25, -0.2) is 0 Å². The van der Waals surface area contributed by atoms with Gasteiger partial charge in [0, 0.05) is 25.8 Å². The van der Waals surface area contributed by atoms with Crippen LogP contribution < -0.4 is 15.8 Å². The number of anilines is 1. The van der Waals surface area contributed by atoms with Crippen LogP contribution in [0.3, 0.4) is 0 Å². The summed E-state index contributed by atoms with van der Waals surface area (Å²) in [7, 11) is 1.55. The van der Waals surface area contributed by atoms with Crippen molar-refractivity contribution in [2.45, 2.75) is 19.2 Å². The lowest BCUT2D eigenvalue weighted by Crippen LogP contribution is -2.36. The van der Waals surface area contributed by atoms with Gasteiger partial charge in [-0.15, -0.1) is 13.2 Å². The molecule has 0 aliphatic carbocycles. The highest BCUT2D eigenvalue weighted by Crippen LogP contribution is 2.24. The third-order valence-corrected chi connectivity index (χ3v) is 3.21. The van der Waals surface area contributed by atoms with Gasteiger partial charge in [-0.1, -0.05) is 0 Å². The van der Waals surface area contributed by atoms with Gasteiger partial charge < -0.3 is 20.7 Å². The van der Waals surface area contributed by atoms with E-state index in [-0.39, 0.29) is 11.7 Å². The number of ether oxygens (including phenoxy) is 1. The Morgan fingerprint density at radius 1 is 1.22 bits per heavy atom.